The minimum Gasteiger partial charge on any atom is -0.456 e. The molecule has 0 saturated heterocycles. The van der Waals surface area contributed by atoms with Gasteiger partial charge in [0.05, 0.1) is 0 Å². The second-order valence-electron chi connectivity index (χ2n) is 16.2. The third-order valence-electron chi connectivity index (χ3n) is 12.8. The van der Waals surface area contributed by atoms with Crippen molar-refractivity contribution in [1.82, 2.24) is 9.13 Å². The molecule has 55 heavy (non-hydrogen) atoms. The maximum Gasteiger partial charge on any atom is 0.142 e. The number of furan rings is 1. The molecule has 250 valence electrons. The first kappa shape index (κ1) is 34.1. The highest BCUT2D eigenvalue weighted by Crippen LogP contribution is 2.35. The van der Waals surface area contributed by atoms with Crippen molar-refractivity contribution in [3.8, 4) is 22.5 Å². The molecule has 0 spiro atoms. The minimum atomic E-state index is 0.913. The van der Waals surface area contributed by atoms with Gasteiger partial charge in [0.2, 0.25) is 0 Å². The third kappa shape index (κ3) is 4.65. The summed E-state index contributed by atoms with van der Waals surface area (Å²) >= 11 is 0. The highest BCUT2D eigenvalue weighted by atomic mass is 16.3. The highest BCUT2D eigenvalue weighted by molar-refractivity contribution is 6.63. The summed E-state index contributed by atoms with van der Waals surface area (Å²) in [6.07, 6.45) is 0. The lowest BCUT2D eigenvalue weighted by Crippen LogP contribution is -2.32. The second-order valence-corrected chi connectivity index (χ2v) is 16.2. The summed E-state index contributed by atoms with van der Waals surface area (Å²) in [7, 11) is 23.0. The fourth-order valence-corrected chi connectivity index (χ4v) is 10.1. The first-order valence-corrected chi connectivity index (χ1v) is 19.5. The lowest BCUT2D eigenvalue weighted by molar-refractivity contribution is 0.668. The van der Waals surface area contributed by atoms with Crippen LogP contribution in [0.5, 0.6) is 0 Å². The molecule has 0 aliphatic heterocycles. The van der Waals surface area contributed by atoms with E-state index in [1.807, 2.05) is 6.07 Å². The summed E-state index contributed by atoms with van der Waals surface area (Å²) in [5.41, 5.74) is 25.1. The first-order chi connectivity index (χ1) is 26.5. The summed E-state index contributed by atoms with van der Waals surface area (Å²) in [4.78, 5) is 0. The molecule has 10 rings (SSSR count). The molecule has 0 saturated carbocycles. The number of hydrogen-bond donors (Lipinski definition) is 0. The molecule has 3 nitrogen and oxygen atoms in total. The van der Waals surface area contributed by atoms with Gasteiger partial charge in [-0.1, -0.05) is 115 Å². The summed E-state index contributed by atoms with van der Waals surface area (Å²) in [5, 5.41) is 7.72. The molecule has 7 aromatic carbocycles. The predicted molar refractivity (Wildman–Crippen MR) is 270 cm³/mol. The third-order valence-corrected chi connectivity index (χ3v) is 12.8. The van der Waals surface area contributed by atoms with E-state index < -0.39 is 0 Å². The van der Waals surface area contributed by atoms with Gasteiger partial charge < -0.3 is 13.6 Å². The number of para-hydroxylation sites is 2. The van der Waals surface area contributed by atoms with E-state index in [1.165, 1.54) is 115 Å². The van der Waals surface area contributed by atoms with Gasteiger partial charge in [-0.3, -0.25) is 0 Å². The Kier molecular flexibility index (Phi) is 7.47. The van der Waals surface area contributed by atoms with Crippen LogP contribution in [0, 0.1) is 0 Å². The summed E-state index contributed by atoms with van der Waals surface area (Å²) in [6, 6.07) is 35.6. The Morgan fingerprint density at radius 2 is 0.782 bits per heavy atom. The normalized spacial score (nSPS) is 12.0. The van der Waals surface area contributed by atoms with Crippen molar-refractivity contribution in [3.05, 3.63) is 97.1 Å². The smallest absolute Gasteiger partial charge is 0.142 e. The van der Waals surface area contributed by atoms with E-state index >= 15 is 0 Å². The Morgan fingerprint density at radius 1 is 0.345 bits per heavy atom. The molecule has 3 heterocycles. The van der Waals surface area contributed by atoms with Gasteiger partial charge in [0, 0.05) is 61.1 Å². The van der Waals surface area contributed by atoms with Gasteiger partial charge in [-0.15, -0.1) is 0 Å². The van der Waals surface area contributed by atoms with Crippen LogP contribution in [-0.2, 0) is 0 Å². The molecule has 0 amide bonds. The van der Waals surface area contributed by atoms with Gasteiger partial charge in [-0.05, 0) is 52.2 Å². The Morgan fingerprint density at radius 3 is 1.33 bits per heavy atom. The number of nitrogens with zero attached hydrogens (tertiary/aromatic N) is 2. The molecule has 0 atom stereocenters. The van der Waals surface area contributed by atoms with E-state index in [9.17, 15) is 0 Å². The van der Waals surface area contributed by atoms with Gasteiger partial charge in [0.1, 0.15) is 89.6 Å². The zero-order valence-corrected chi connectivity index (χ0v) is 33.5. The fourth-order valence-electron chi connectivity index (χ4n) is 10.1. The molecule has 0 unspecified atom stereocenters. The molecule has 0 radical (unpaired) electrons. The molecular weight excluding hydrogens is 657 g/mol. The molecule has 10 aromatic rings. The zero-order chi connectivity index (χ0) is 38.2. The van der Waals surface area contributed by atoms with Crippen molar-refractivity contribution in [2.75, 3.05) is 0 Å². The number of hydrogen-bond acceptors (Lipinski definition) is 1. The molecule has 0 aliphatic carbocycles. The summed E-state index contributed by atoms with van der Waals surface area (Å²) in [6.45, 7) is 0. The van der Waals surface area contributed by atoms with Crippen LogP contribution in [0.3, 0.4) is 0 Å². The van der Waals surface area contributed by atoms with E-state index in [-0.39, 0.29) is 0 Å². The van der Waals surface area contributed by atoms with Crippen molar-refractivity contribution in [2.24, 2.45) is 0 Å². The van der Waals surface area contributed by atoms with E-state index in [1.54, 1.807) is 0 Å². The average molecular weight is 693 g/mol. The van der Waals surface area contributed by atoms with E-state index in [4.69, 9.17) is 4.42 Å². The monoisotopic (exact) mass is 694 g/mol. The summed E-state index contributed by atoms with van der Waals surface area (Å²) < 4.78 is 11.5. The molecule has 0 bridgehead atoms. The lowest BCUT2D eigenvalue weighted by Gasteiger charge is -2.18. The highest BCUT2D eigenvalue weighted by Gasteiger charge is 2.26. The number of aromatic nitrogens is 2. The van der Waals surface area contributed by atoms with Crippen LogP contribution in [0.2, 0.25) is 0 Å². The van der Waals surface area contributed by atoms with Crippen molar-refractivity contribution < 1.29 is 4.42 Å². The van der Waals surface area contributed by atoms with Crippen molar-refractivity contribution in [3.63, 3.8) is 0 Å². The number of benzene rings is 7. The second kappa shape index (κ2) is 12.0. The Bertz CT molecular complexity index is 3330. The average Bonchev–Trinajstić information content (AvgIpc) is 3.86. The fraction of sp³-hybridized carbons (Fsp3) is 0. The molecule has 13 heteroatoms. The van der Waals surface area contributed by atoms with Gasteiger partial charge in [-0.25, -0.2) is 0 Å². The van der Waals surface area contributed by atoms with Crippen LogP contribution >= 0.6 is 0 Å². The van der Waals surface area contributed by atoms with Gasteiger partial charge >= 0.3 is 0 Å². The van der Waals surface area contributed by atoms with Gasteiger partial charge in [-0.2, -0.15) is 0 Å². The first-order valence-electron chi connectivity index (χ1n) is 19.5. The quantitative estimate of drug-likeness (QED) is 0.170. The van der Waals surface area contributed by atoms with E-state index in [2.05, 4.69) is 179 Å². The van der Waals surface area contributed by atoms with Crippen LogP contribution < -0.4 is 54.6 Å². The maximum absolute atomic E-state index is 6.45. The van der Waals surface area contributed by atoms with Crippen LogP contribution in [0.4, 0.5) is 0 Å². The van der Waals surface area contributed by atoms with E-state index in [0.717, 1.165) is 27.6 Å². The molecule has 3 aromatic heterocycles. The predicted octanol–water partition coefficient (Wildman–Crippen LogP) is -5.97. The molecule has 0 fully saturated rings. The molecular formula is C42H36B10N2O. The van der Waals surface area contributed by atoms with Crippen LogP contribution in [0.1, 0.15) is 0 Å². The topological polar surface area (TPSA) is 23.0 Å². The van der Waals surface area contributed by atoms with Crippen LogP contribution in [0.25, 0.3) is 88.1 Å². The van der Waals surface area contributed by atoms with Crippen molar-refractivity contribution >= 4 is 199 Å². The largest absolute Gasteiger partial charge is 0.456 e. The molecule has 0 N–H and O–H groups in total. The minimum absolute atomic E-state index is 0.913. The molecule has 0 aliphatic rings. The number of fused-ring (bicyclic) bond motifs is 9. The Hall–Kier alpha value is -5.41. The Labute approximate surface area is 330 Å². The van der Waals surface area contributed by atoms with Gasteiger partial charge in [0.25, 0.3) is 0 Å². The van der Waals surface area contributed by atoms with Crippen LogP contribution in [-0.4, -0.2) is 87.6 Å². The summed E-state index contributed by atoms with van der Waals surface area (Å²) in [5.74, 6) is 0. The maximum atomic E-state index is 6.45. The van der Waals surface area contributed by atoms with Crippen LogP contribution in [0.15, 0.2) is 101 Å². The van der Waals surface area contributed by atoms with Crippen molar-refractivity contribution in [1.29, 1.82) is 0 Å². The lowest BCUT2D eigenvalue weighted by atomic mass is 9.70. The van der Waals surface area contributed by atoms with Crippen molar-refractivity contribution in [2.45, 2.75) is 0 Å². The Balaban J connectivity index is 1.32. The number of rotatable bonds is 3. The van der Waals surface area contributed by atoms with Gasteiger partial charge in [0.15, 0.2) is 0 Å². The van der Waals surface area contributed by atoms with E-state index in [0.29, 0.717) is 0 Å². The standard InChI is InChI=1S/C42H36B10N2O/c43-23-15-27(47)41-33(37(23)51)31-35(49)21(13-25(45)39(31)53(41)17-6-2-1-3-7-17)22-14-26(46)40-32(36(22)50)34-38(52)24(44)16-28(48)42(34)54(40)18-10-11-20-19-8-4-5-9-29(19)55-30(20)12-18/h1-16H,43-52H2. The SMILES string of the molecule is Bc1cc(B)c2c(c1B)c1c(B)c(-c3cc(B)c4c(c3B)c3c(B)c(B)cc(B)c3n4-c3ccc4c(c3)oc3ccccc34)cc(B)c1n2-c1ccccc1. The zero-order valence-electron chi connectivity index (χ0n) is 33.5.